The average molecular weight is 383 g/mol. The Hall–Kier alpha value is -2.67. The lowest BCUT2D eigenvalue weighted by Gasteiger charge is -2.19. The fourth-order valence-corrected chi connectivity index (χ4v) is 4.66. The molecule has 1 atom stereocenters. The van der Waals surface area contributed by atoms with E-state index in [0.717, 1.165) is 25.0 Å². The third kappa shape index (κ3) is 3.73. The van der Waals surface area contributed by atoms with Gasteiger partial charge in [0.2, 0.25) is 0 Å². The lowest BCUT2D eigenvalue weighted by atomic mass is 9.88. The number of hydrogen-bond donors (Lipinski definition) is 2. The second-order valence-corrected chi connectivity index (χ2v) is 7.92. The zero-order chi connectivity index (χ0) is 18.8. The van der Waals surface area contributed by atoms with Crippen LogP contribution in [0.2, 0.25) is 0 Å². The number of hydrogen-bond acceptors (Lipinski definition) is 5. The van der Waals surface area contributed by atoms with Gasteiger partial charge in [0, 0.05) is 4.88 Å². The maximum atomic E-state index is 12.5. The normalized spacial score (nSPS) is 16.1. The minimum atomic E-state index is -0.453. The molecule has 140 valence electrons. The van der Waals surface area contributed by atoms with E-state index in [0.29, 0.717) is 22.5 Å². The topological polar surface area (TPSA) is 88.0 Å². The van der Waals surface area contributed by atoms with Crippen LogP contribution in [0.3, 0.4) is 0 Å². The second kappa shape index (κ2) is 7.52. The van der Waals surface area contributed by atoms with Crippen molar-refractivity contribution in [2.24, 2.45) is 5.92 Å². The van der Waals surface area contributed by atoms with Gasteiger partial charge in [-0.2, -0.15) is 0 Å². The smallest absolute Gasteiger partial charge is 0.263 e. The Bertz CT molecular complexity index is 1000. The molecule has 3 aromatic heterocycles. The van der Waals surface area contributed by atoms with Gasteiger partial charge in [0.05, 0.1) is 17.7 Å². The molecule has 0 spiro atoms. The molecule has 0 bridgehead atoms. The van der Waals surface area contributed by atoms with E-state index in [1.54, 1.807) is 18.2 Å². The number of furan rings is 1. The third-order valence-corrected chi connectivity index (χ3v) is 5.94. The lowest BCUT2D eigenvalue weighted by molar-refractivity contribution is 0.102. The van der Waals surface area contributed by atoms with Crippen molar-refractivity contribution in [3.8, 4) is 11.5 Å². The number of carbonyl (C=O) groups is 1. The van der Waals surface area contributed by atoms with E-state index < -0.39 is 11.5 Å². The summed E-state index contributed by atoms with van der Waals surface area (Å²) in [5, 5.41) is 3.35. The highest BCUT2D eigenvalue weighted by Crippen LogP contribution is 2.34. The summed E-state index contributed by atoms with van der Waals surface area (Å²) >= 11 is 1.52. The summed E-state index contributed by atoms with van der Waals surface area (Å²) in [5.41, 5.74) is 1.23. The summed E-state index contributed by atoms with van der Waals surface area (Å²) in [6.45, 7) is 2.21. The molecule has 1 unspecified atom stereocenters. The number of fused-ring (bicyclic) bond motifs is 1. The number of aromatic nitrogens is 2. The number of rotatable bonds is 5. The molecule has 3 heterocycles. The van der Waals surface area contributed by atoms with E-state index in [4.69, 9.17) is 4.42 Å². The van der Waals surface area contributed by atoms with Gasteiger partial charge < -0.3 is 9.40 Å². The number of anilines is 1. The van der Waals surface area contributed by atoms with Gasteiger partial charge in [0.1, 0.15) is 11.3 Å². The number of aromatic amines is 1. The maximum absolute atomic E-state index is 12.5. The molecule has 3 aromatic rings. The highest BCUT2D eigenvalue weighted by Gasteiger charge is 2.23. The zero-order valence-corrected chi connectivity index (χ0v) is 15.9. The Balaban J connectivity index is 1.49. The molecule has 0 saturated carbocycles. The predicted molar refractivity (Wildman–Crippen MR) is 105 cm³/mol. The van der Waals surface area contributed by atoms with E-state index in [2.05, 4.69) is 22.2 Å². The summed E-state index contributed by atoms with van der Waals surface area (Å²) in [7, 11) is 0. The summed E-state index contributed by atoms with van der Waals surface area (Å²) in [6.07, 6.45) is 7.12. The van der Waals surface area contributed by atoms with Gasteiger partial charge in [-0.1, -0.05) is 19.8 Å². The molecule has 2 N–H and O–H groups in total. The summed E-state index contributed by atoms with van der Waals surface area (Å²) < 4.78 is 5.26. The summed E-state index contributed by atoms with van der Waals surface area (Å²) in [4.78, 5) is 33.3. The van der Waals surface area contributed by atoms with Crippen LogP contribution in [-0.4, -0.2) is 15.9 Å². The van der Waals surface area contributed by atoms with Crippen LogP contribution in [0.1, 0.15) is 47.1 Å². The molecule has 0 fully saturated rings. The van der Waals surface area contributed by atoms with Crippen LogP contribution < -0.4 is 10.9 Å². The molecule has 7 heteroatoms. The van der Waals surface area contributed by atoms with Crippen LogP contribution in [0.5, 0.6) is 0 Å². The van der Waals surface area contributed by atoms with Crippen molar-refractivity contribution in [3.05, 3.63) is 57.0 Å². The van der Waals surface area contributed by atoms with Gasteiger partial charge >= 0.3 is 0 Å². The van der Waals surface area contributed by atoms with Crippen LogP contribution in [0.4, 0.5) is 5.13 Å². The Kier molecular flexibility index (Phi) is 4.94. The first-order chi connectivity index (χ1) is 13.1. The SMILES string of the molecule is CCCC1CCc2nc(NC(=O)c3ccc(-c4ccco4)[nH]c3=O)sc2C1. The Morgan fingerprint density at radius 3 is 3.04 bits per heavy atom. The highest BCUT2D eigenvalue weighted by molar-refractivity contribution is 7.15. The minimum absolute atomic E-state index is 0.0577. The molecule has 6 nitrogen and oxygen atoms in total. The Labute approximate surface area is 160 Å². The summed E-state index contributed by atoms with van der Waals surface area (Å²) in [6, 6.07) is 6.66. The van der Waals surface area contributed by atoms with E-state index in [1.807, 2.05) is 0 Å². The number of H-pyrrole nitrogens is 1. The van der Waals surface area contributed by atoms with Gasteiger partial charge in [-0.05, 0) is 49.4 Å². The minimum Gasteiger partial charge on any atom is -0.463 e. The summed E-state index contributed by atoms with van der Waals surface area (Å²) in [5.74, 6) is 0.815. The van der Waals surface area contributed by atoms with Crippen LogP contribution in [0, 0.1) is 5.92 Å². The number of nitrogens with zero attached hydrogens (tertiary/aromatic N) is 1. The first kappa shape index (κ1) is 17.7. The van der Waals surface area contributed by atoms with E-state index in [-0.39, 0.29) is 5.56 Å². The standard InChI is InChI=1S/C20H21N3O3S/c1-2-4-12-6-8-15-17(11-12)27-20(22-15)23-19(25)13-7-9-14(21-18(13)24)16-5-3-10-26-16/h3,5,7,9-10,12H,2,4,6,8,11H2,1H3,(H,21,24)(H,22,23,25). The van der Waals surface area contributed by atoms with Crippen molar-refractivity contribution < 1.29 is 9.21 Å². The van der Waals surface area contributed by atoms with Crippen LogP contribution in [-0.2, 0) is 12.8 Å². The van der Waals surface area contributed by atoms with Gasteiger partial charge in [-0.3, -0.25) is 14.9 Å². The third-order valence-electron chi connectivity index (χ3n) is 4.90. The number of nitrogens with one attached hydrogen (secondary N) is 2. The largest absolute Gasteiger partial charge is 0.463 e. The molecule has 0 aromatic carbocycles. The van der Waals surface area contributed by atoms with Crippen molar-refractivity contribution in [2.45, 2.75) is 39.0 Å². The number of aryl methyl sites for hydroxylation is 1. The fourth-order valence-electron chi connectivity index (χ4n) is 3.54. The van der Waals surface area contributed by atoms with Crippen LogP contribution in [0.15, 0.2) is 39.7 Å². The number of carbonyl (C=O) groups excluding carboxylic acids is 1. The molecule has 1 aliphatic rings. The second-order valence-electron chi connectivity index (χ2n) is 6.83. The average Bonchev–Trinajstić information content (AvgIpc) is 3.30. The quantitative estimate of drug-likeness (QED) is 0.689. The lowest BCUT2D eigenvalue weighted by Crippen LogP contribution is -2.23. The van der Waals surface area contributed by atoms with Crippen LogP contribution >= 0.6 is 11.3 Å². The van der Waals surface area contributed by atoms with E-state index in [1.165, 1.54) is 41.4 Å². The van der Waals surface area contributed by atoms with Crippen LogP contribution in [0.25, 0.3) is 11.5 Å². The van der Waals surface area contributed by atoms with Gasteiger partial charge in [-0.25, -0.2) is 4.98 Å². The van der Waals surface area contributed by atoms with Gasteiger partial charge in [0.25, 0.3) is 11.5 Å². The maximum Gasteiger partial charge on any atom is 0.263 e. The molecular formula is C20H21N3O3S. The van der Waals surface area contributed by atoms with Gasteiger partial charge in [0.15, 0.2) is 5.13 Å². The molecular weight excluding hydrogens is 362 g/mol. The van der Waals surface area contributed by atoms with Crippen molar-refractivity contribution in [2.75, 3.05) is 5.32 Å². The first-order valence-electron chi connectivity index (χ1n) is 9.21. The van der Waals surface area contributed by atoms with Crippen molar-refractivity contribution in [1.29, 1.82) is 0 Å². The molecule has 0 saturated heterocycles. The van der Waals surface area contributed by atoms with Crippen molar-refractivity contribution in [1.82, 2.24) is 9.97 Å². The number of amides is 1. The molecule has 1 aliphatic carbocycles. The van der Waals surface area contributed by atoms with E-state index in [9.17, 15) is 9.59 Å². The predicted octanol–water partition coefficient (Wildman–Crippen LogP) is 4.25. The zero-order valence-electron chi connectivity index (χ0n) is 15.1. The Morgan fingerprint density at radius 2 is 2.30 bits per heavy atom. The van der Waals surface area contributed by atoms with E-state index >= 15 is 0 Å². The van der Waals surface area contributed by atoms with Crippen molar-refractivity contribution >= 4 is 22.4 Å². The number of thiazole rings is 1. The number of pyridine rings is 1. The monoisotopic (exact) mass is 383 g/mol. The molecule has 0 radical (unpaired) electrons. The molecule has 27 heavy (non-hydrogen) atoms. The Morgan fingerprint density at radius 1 is 1.41 bits per heavy atom. The fraction of sp³-hybridized carbons (Fsp3) is 0.350. The van der Waals surface area contributed by atoms with Crippen molar-refractivity contribution in [3.63, 3.8) is 0 Å². The van der Waals surface area contributed by atoms with Gasteiger partial charge in [-0.15, -0.1) is 11.3 Å². The molecule has 0 aliphatic heterocycles. The highest BCUT2D eigenvalue weighted by atomic mass is 32.1. The first-order valence-corrected chi connectivity index (χ1v) is 10.0. The molecule has 1 amide bonds. The molecule has 4 rings (SSSR count).